The highest BCUT2D eigenvalue weighted by Gasteiger charge is 2.43. The first-order valence-corrected chi connectivity index (χ1v) is 10.3. The van der Waals surface area contributed by atoms with Crippen LogP contribution in [0.5, 0.6) is 0 Å². The molecule has 8 heteroatoms. The fourth-order valence-electron chi connectivity index (χ4n) is 4.15. The molecule has 138 valence electrons. The highest BCUT2D eigenvalue weighted by atomic mass is 32.2. The van der Waals surface area contributed by atoms with Gasteiger partial charge in [-0.15, -0.1) is 11.8 Å². The smallest absolute Gasteiger partial charge is 0.155 e. The van der Waals surface area contributed by atoms with Gasteiger partial charge in [-0.25, -0.2) is 9.97 Å². The molecule has 4 atom stereocenters. The summed E-state index contributed by atoms with van der Waals surface area (Å²) < 4.78 is 1.89. The van der Waals surface area contributed by atoms with Crippen LogP contribution in [0, 0.1) is 17.2 Å². The number of aromatic nitrogens is 3. The zero-order valence-electron chi connectivity index (χ0n) is 14.7. The third kappa shape index (κ3) is 2.94. The molecule has 2 heterocycles. The van der Waals surface area contributed by atoms with Crippen molar-refractivity contribution in [2.45, 2.75) is 61.4 Å². The first-order chi connectivity index (χ1) is 12.6. The predicted octanol–water partition coefficient (Wildman–Crippen LogP) is 2.31. The van der Waals surface area contributed by atoms with E-state index in [-0.39, 0.29) is 6.04 Å². The number of nitriles is 1. The van der Waals surface area contributed by atoms with Crippen molar-refractivity contribution in [3.05, 3.63) is 12.4 Å². The first-order valence-electron chi connectivity index (χ1n) is 9.06. The third-order valence-electron chi connectivity index (χ3n) is 5.62. The molecular formula is C18H23N5O2S. The molecular weight excluding hydrogens is 350 g/mol. The Labute approximate surface area is 156 Å². The molecule has 0 aromatic carbocycles. The van der Waals surface area contributed by atoms with E-state index in [9.17, 15) is 15.5 Å². The quantitative estimate of drug-likeness (QED) is 0.706. The van der Waals surface area contributed by atoms with E-state index in [1.807, 2.05) is 16.9 Å². The van der Waals surface area contributed by atoms with E-state index >= 15 is 0 Å². The Balaban J connectivity index is 1.74. The summed E-state index contributed by atoms with van der Waals surface area (Å²) in [6, 6.07) is 4.12. The maximum atomic E-state index is 10.4. The maximum Gasteiger partial charge on any atom is 0.155 e. The summed E-state index contributed by atoms with van der Waals surface area (Å²) in [4.78, 5) is 9.24. The molecule has 0 radical (unpaired) electrons. The highest BCUT2D eigenvalue weighted by molar-refractivity contribution is 7.98. The van der Waals surface area contributed by atoms with Crippen molar-refractivity contribution >= 4 is 28.6 Å². The van der Waals surface area contributed by atoms with E-state index in [2.05, 4.69) is 16.4 Å². The minimum Gasteiger partial charge on any atom is -0.389 e. The zero-order chi connectivity index (χ0) is 18.3. The van der Waals surface area contributed by atoms with Crippen molar-refractivity contribution in [2.24, 2.45) is 5.92 Å². The van der Waals surface area contributed by atoms with E-state index in [4.69, 9.17) is 4.98 Å². The standard InChI is InChI=1S/C18H23N5O2S/c1-26-14-7-12-15(18(22-14)21-11-4-2-3-5-11)20-9-23(12)13-6-10(8-19)16(24)17(13)25/h7,9-11,13,16-17,24-25H,2-6H2,1H3,(H,21,22). The average Bonchev–Trinajstić information content (AvgIpc) is 3.36. The second-order valence-electron chi connectivity index (χ2n) is 7.18. The van der Waals surface area contributed by atoms with Gasteiger partial charge in [0, 0.05) is 6.04 Å². The second kappa shape index (κ2) is 7.06. The van der Waals surface area contributed by atoms with Gasteiger partial charge in [0.2, 0.25) is 0 Å². The van der Waals surface area contributed by atoms with Gasteiger partial charge >= 0.3 is 0 Å². The Bertz CT molecular complexity index is 842. The van der Waals surface area contributed by atoms with Gasteiger partial charge in [0.1, 0.15) is 16.6 Å². The molecule has 2 aromatic heterocycles. The van der Waals surface area contributed by atoms with Crippen molar-refractivity contribution in [1.29, 1.82) is 5.26 Å². The van der Waals surface area contributed by atoms with E-state index in [0.29, 0.717) is 12.5 Å². The van der Waals surface area contributed by atoms with Crippen LogP contribution in [0.25, 0.3) is 11.0 Å². The number of hydrogen-bond donors (Lipinski definition) is 3. The molecule has 4 unspecified atom stereocenters. The lowest BCUT2D eigenvalue weighted by Crippen LogP contribution is -2.29. The van der Waals surface area contributed by atoms with Crippen molar-refractivity contribution in [3.63, 3.8) is 0 Å². The van der Waals surface area contributed by atoms with Gasteiger partial charge in [-0.2, -0.15) is 5.26 Å². The summed E-state index contributed by atoms with van der Waals surface area (Å²) in [6.45, 7) is 0. The summed E-state index contributed by atoms with van der Waals surface area (Å²) in [5.74, 6) is 0.216. The summed E-state index contributed by atoms with van der Waals surface area (Å²) in [7, 11) is 0. The van der Waals surface area contributed by atoms with Crippen LogP contribution >= 0.6 is 11.8 Å². The van der Waals surface area contributed by atoms with Crippen LogP contribution < -0.4 is 5.32 Å². The summed E-state index contributed by atoms with van der Waals surface area (Å²) in [6.07, 6.45) is 6.83. The number of nitrogens with zero attached hydrogens (tertiary/aromatic N) is 4. The Morgan fingerprint density at radius 2 is 2.08 bits per heavy atom. The van der Waals surface area contributed by atoms with E-state index in [1.54, 1.807) is 18.1 Å². The van der Waals surface area contributed by atoms with Gasteiger partial charge in [0.05, 0.1) is 36.0 Å². The molecule has 0 amide bonds. The molecule has 0 saturated heterocycles. The first kappa shape index (κ1) is 17.6. The van der Waals surface area contributed by atoms with E-state index in [0.717, 1.165) is 34.7 Å². The number of pyridine rings is 1. The minimum absolute atomic E-state index is 0.365. The average molecular weight is 373 g/mol. The topological polar surface area (TPSA) is 107 Å². The zero-order valence-corrected chi connectivity index (χ0v) is 15.5. The minimum atomic E-state index is -1.03. The van der Waals surface area contributed by atoms with Crippen LogP contribution in [0.2, 0.25) is 0 Å². The van der Waals surface area contributed by atoms with Crippen molar-refractivity contribution < 1.29 is 10.2 Å². The lowest BCUT2D eigenvalue weighted by molar-refractivity contribution is 0.0148. The fourth-order valence-corrected chi connectivity index (χ4v) is 4.57. The Hall–Kier alpha value is -1.82. The highest BCUT2D eigenvalue weighted by Crippen LogP contribution is 2.38. The van der Waals surface area contributed by atoms with Crippen molar-refractivity contribution in [3.8, 4) is 6.07 Å². The van der Waals surface area contributed by atoms with Crippen LogP contribution in [0.1, 0.15) is 38.1 Å². The molecule has 0 bridgehead atoms. The summed E-state index contributed by atoms with van der Waals surface area (Å²) in [5.41, 5.74) is 1.65. The SMILES string of the molecule is CSc1cc2c(ncn2C2CC(C#N)C(O)C2O)c(NC2CCCC2)n1. The number of imidazole rings is 1. The Morgan fingerprint density at radius 3 is 2.73 bits per heavy atom. The normalized spacial score (nSPS) is 29.3. The van der Waals surface area contributed by atoms with Crippen LogP contribution in [0.4, 0.5) is 5.82 Å². The molecule has 2 aliphatic rings. The van der Waals surface area contributed by atoms with Crippen LogP contribution in [-0.2, 0) is 0 Å². The van der Waals surface area contributed by atoms with Crippen LogP contribution in [0.15, 0.2) is 17.4 Å². The van der Waals surface area contributed by atoms with Crippen LogP contribution in [-0.4, -0.2) is 49.3 Å². The summed E-state index contributed by atoms with van der Waals surface area (Å²) >= 11 is 1.56. The third-order valence-corrected chi connectivity index (χ3v) is 6.25. The molecule has 0 aliphatic heterocycles. The van der Waals surface area contributed by atoms with Crippen molar-refractivity contribution in [2.75, 3.05) is 11.6 Å². The number of aliphatic hydroxyl groups excluding tert-OH is 2. The van der Waals surface area contributed by atoms with Gasteiger partial charge in [-0.3, -0.25) is 0 Å². The number of fused-ring (bicyclic) bond motifs is 1. The molecule has 2 aromatic rings. The molecule has 7 nitrogen and oxygen atoms in total. The molecule has 4 rings (SSSR count). The van der Waals surface area contributed by atoms with Gasteiger partial charge < -0.3 is 20.1 Å². The summed E-state index contributed by atoms with van der Waals surface area (Å²) in [5, 5.41) is 34.2. The molecule has 2 fully saturated rings. The predicted molar refractivity (Wildman–Crippen MR) is 100.0 cm³/mol. The largest absolute Gasteiger partial charge is 0.389 e. The lowest BCUT2D eigenvalue weighted by Gasteiger charge is -2.19. The Morgan fingerprint density at radius 1 is 1.31 bits per heavy atom. The van der Waals surface area contributed by atoms with Gasteiger partial charge in [0.15, 0.2) is 5.82 Å². The van der Waals surface area contributed by atoms with Gasteiger partial charge in [0.25, 0.3) is 0 Å². The molecule has 26 heavy (non-hydrogen) atoms. The maximum absolute atomic E-state index is 10.4. The molecule has 2 saturated carbocycles. The number of aliphatic hydroxyl groups is 2. The molecule has 2 aliphatic carbocycles. The van der Waals surface area contributed by atoms with E-state index in [1.165, 1.54) is 12.8 Å². The van der Waals surface area contributed by atoms with Crippen molar-refractivity contribution in [1.82, 2.24) is 14.5 Å². The van der Waals surface area contributed by atoms with Gasteiger partial charge in [-0.05, 0) is 31.6 Å². The molecule has 3 N–H and O–H groups in total. The Kier molecular flexibility index (Phi) is 4.78. The number of hydrogen-bond acceptors (Lipinski definition) is 7. The number of anilines is 1. The molecule has 0 spiro atoms. The number of thioether (sulfide) groups is 1. The fraction of sp³-hybridized carbons (Fsp3) is 0.611. The van der Waals surface area contributed by atoms with Crippen LogP contribution in [0.3, 0.4) is 0 Å². The van der Waals surface area contributed by atoms with Gasteiger partial charge in [-0.1, -0.05) is 12.8 Å². The monoisotopic (exact) mass is 373 g/mol. The van der Waals surface area contributed by atoms with E-state index < -0.39 is 18.1 Å². The number of rotatable bonds is 4. The number of nitrogens with one attached hydrogen (secondary N) is 1. The lowest BCUT2D eigenvalue weighted by atomic mass is 10.1. The second-order valence-corrected chi connectivity index (χ2v) is 8.00.